The van der Waals surface area contributed by atoms with E-state index >= 15 is 0 Å². The minimum atomic E-state index is -3.70. The van der Waals surface area contributed by atoms with Crippen LogP contribution in [0.1, 0.15) is 25.7 Å². The summed E-state index contributed by atoms with van der Waals surface area (Å²) in [5.74, 6) is -1.19. The van der Waals surface area contributed by atoms with Crippen molar-refractivity contribution < 1.29 is 18.3 Å². The van der Waals surface area contributed by atoms with Crippen LogP contribution < -0.4 is 4.72 Å². The van der Waals surface area contributed by atoms with Crippen LogP contribution in [-0.2, 0) is 15.0 Å². The zero-order valence-electron chi connectivity index (χ0n) is 9.63. The third kappa shape index (κ3) is 4.10. The monoisotopic (exact) mass is 262 g/mol. The Bertz CT molecular complexity index is 374. The number of rotatable bonds is 6. The van der Waals surface area contributed by atoms with E-state index in [2.05, 4.69) is 11.3 Å². The Morgan fingerprint density at radius 2 is 2.00 bits per heavy atom. The second-order valence-electron chi connectivity index (χ2n) is 4.00. The molecule has 0 saturated carbocycles. The van der Waals surface area contributed by atoms with Crippen LogP contribution in [0.15, 0.2) is 12.7 Å². The lowest BCUT2D eigenvalue weighted by Gasteiger charge is -2.27. The van der Waals surface area contributed by atoms with E-state index in [4.69, 9.17) is 5.11 Å². The minimum absolute atomic E-state index is 0.0718. The van der Waals surface area contributed by atoms with E-state index in [0.717, 1.165) is 19.3 Å². The molecular formula is C10H18N2O4S. The van der Waals surface area contributed by atoms with Crippen molar-refractivity contribution in [2.45, 2.75) is 31.7 Å². The molecule has 6 nitrogen and oxygen atoms in total. The number of aliphatic carboxylic acids is 1. The molecule has 0 aromatic heterocycles. The fourth-order valence-corrected chi connectivity index (χ4v) is 3.17. The molecule has 2 N–H and O–H groups in total. The van der Waals surface area contributed by atoms with Gasteiger partial charge in [-0.15, -0.1) is 6.58 Å². The van der Waals surface area contributed by atoms with E-state index in [0.29, 0.717) is 13.1 Å². The fourth-order valence-electron chi connectivity index (χ4n) is 1.73. The van der Waals surface area contributed by atoms with Crippen molar-refractivity contribution in [3.05, 3.63) is 12.7 Å². The number of nitrogens with zero attached hydrogens (tertiary/aromatic N) is 1. The van der Waals surface area contributed by atoms with Gasteiger partial charge in [-0.2, -0.15) is 17.4 Å². The summed E-state index contributed by atoms with van der Waals surface area (Å²) in [7, 11) is -3.70. The maximum absolute atomic E-state index is 11.9. The van der Waals surface area contributed by atoms with Crippen molar-refractivity contribution in [3.63, 3.8) is 0 Å². The van der Waals surface area contributed by atoms with Gasteiger partial charge in [0.1, 0.15) is 6.04 Å². The number of piperidine rings is 1. The second kappa shape index (κ2) is 6.13. The zero-order chi connectivity index (χ0) is 12.9. The molecule has 1 atom stereocenters. The summed E-state index contributed by atoms with van der Waals surface area (Å²) in [6.45, 7) is 4.32. The molecule has 0 spiro atoms. The molecule has 1 heterocycles. The van der Waals surface area contributed by atoms with Crippen molar-refractivity contribution in [1.29, 1.82) is 0 Å². The molecule has 7 heteroatoms. The number of hydrogen-bond donors (Lipinski definition) is 2. The van der Waals surface area contributed by atoms with Gasteiger partial charge < -0.3 is 5.11 Å². The van der Waals surface area contributed by atoms with Crippen LogP contribution >= 0.6 is 0 Å². The third-order valence-electron chi connectivity index (χ3n) is 2.65. The molecule has 1 unspecified atom stereocenters. The normalized spacial score (nSPS) is 19.8. The summed E-state index contributed by atoms with van der Waals surface area (Å²) in [4.78, 5) is 10.9. The van der Waals surface area contributed by atoms with Crippen LogP contribution in [-0.4, -0.2) is 42.9 Å². The van der Waals surface area contributed by atoms with Crippen LogP contribution in [0.3, 0.4) is 0 Å². The summed E-state index contributed by atoms with van der Waals surface area (Å²) >= 11 is 0. The van der Waals surface area contributed by atoms with Crippen molar-refractivity contribution in [2.75, 3.05) is 13.1 Å². The Morgan fingerprint density at radius 3 is 2.47 bits per heavy atom. The number of carboxylic acids is 1. The smallest absolute Gasteiger partial charge is 0.322 e. The molecule has 1 aliphatic rings. The SMILES string of the molecule is C=CCC(NS(=O)(=O)N1CCCCC1)C(=O)O. The highest BCUT2D eigenvalue weighted by Crippen LogP contribution is 2.12. The van der Waals surface area contributed by atoms with Gasteiger partial charge in [0.05, 0.1) is 0 Å². The van der Waals surface area contributed by atoms with E-state index in [1.807, 2.05) is 0 Å². The van der Waals surface area contributed by atoms with Crippen molar-refractivity contribution in [3.8, 4) is 0 Å². The highest BCUT2D eigenvalue weighted by molar-refractivity contribution is 7.87. The summed E-state index contributed by atoms with van der Waals surface area (Å²) in [5.41, 5.74) is 0. The molecule has 0 radical (unpaired) electrons. The van der Waals surface area contributed by atoms with E-state index in [9.17, 15) is 13.2 Å². The number of nitrogens with one attached hydrogen (secondary N) is 1. The first-order valence-electron chi connectivity index (χ1n) is 5.58. The molecule has 1 aliphatic heterocycles. The molecule has 0 bridgehead atoms. The lowest BCUT2D eigenvalue weighted by Crippen LogP contribution is -2.49. The Hall–Kier alpha value is -0.920. The minimum Gasteiger partial charge on any atom is -0.480 e. The Kier molecular flexibility index (Phi) is 5.10. The number of hydrogen-bond acceptors (Lipinski definition) is 3. The number of carbonyl (C=O) groups is 1. The van der Waals surface area contributed by atoms with Gasteiger partial charge in [-0.1, -0.05) is 12.5 Å². The average Bonchev–Trinajstić information content (AvgIpc) is 2.29. The van der Waals surface area contributed by atoms with Crippen LogP contribution in [0.2, 0.25) is 0 Å². The standard InChI is InChI=1S/C10H18N2O4S/c1-2-6-9(10(13)14)11-17(15,16)12-7-4-3-5-8-12/h2,9,11H,1,3-8H2,(H,13,14). The van der Waals surface area contributed by atoms with Gasteiger partial charge in [0, 0.05) is 13.1 Å². The van der Waals surface area contributed by atoms with Gasteiger partial charge in [0.2, 0.25) is 0 Å². The zero-order valence-corrected chi connectivity index (χ0v) is 10.4. The summed E-state index contributed by atoms with van der Waals surface area (Å²) in [6, 6.07) is -1.14. The first kappa shape index (κ1) is 14.1. The van der Waals surface area contributed by atoms with E-state index in [1.165, 1.54) is 10.4 Å². The lowest BCUT2D eigenvalue weighted by atomic mass is 10.2. The van der Waals surface area contributed by atoms with Crippen molar-refractivity contribution >= 4 is 16.2 Å². The van der Waals surface area contributed by atoms with E-state index < -0.39 is 22.2 Å². The molecule has 0 aromatic rings. The number of carboxylic acid groups (broad SMARTS) is 1. The Balaban J connectivity index is 2.68. The highest BCUT2D eigenvalue weighted by atomic mass is 32.2. The first-order chi connectivity index (χ1) is 7.97. The summed E-state index contributed by atoms with van der Waals surface area (Å²) < 4.78 is 27.3. The predicted octanol–water partition coefficient (Wildman–Crippen LogP) is 0.336. The molecule has 98 valence electrons. The van der Waals surface area contributed by atoms with Crippen LogP contribution in [0, 0.1) is 0 Å². The lowest BCUT2D eigenvalue weighted by molar-refractivity contribution is -0.138. The predicted molar refractivity (Wildman–Crippen MR) is 63.7 cm³/mol. The average molecular weight is 262 g/mol. The maximum Gasteiger partial charge on any atom is 0.322 e. The van der Waals surface area contributed by atoms with Crippen molar-refractivity contribution in [1.82, 2.24) is 9.03 Å². The molecule has 0 amide bonds. The second-order valence-corrected chi connectivity index (χ2v) is 5.70. The molecule has 17 heavy (non-hydrogen) atoms. The van der Waals surface area contributed by atoms with Crippen LogP contribution in [0.5, 0.6) is 0 Å². The molecule has 1 fully saturated rings. The molecule has 1 saturated heterocycles. The molecule has 0 aromatic carbocycles. The highest BCUT2D eigenvalue weighted by Gasteiger charge is 2.28. The molecular weight excluding hydrogens is 244 g/mol. The largest absolute Gasteiger partial charge is 0.480 e. The van der Waals surface area contributed by atoms with Gasteiger partial charge in [-0.05, 0) is 19.3 Å². The van der Waals surface area contributed by atoms with Gasteiger partial charge >= 0.3 is 5.97 Å². The van der Waals surface area contributed by atoms with Crippen molar-refractivity contribution in [2.24, 2.45) is 0 Å². The van der Waals surface area contributed by atoms with E-state index in [1.54, 1.807) is 0 Å². The van der Waals surface area contributed by atoms with Gasteiger partial charge in [-0.25, -0.2) is 0 Å². The van der Waals surface area contributed by atoms with Crippen LogP contribution in [0.4, 0.5) is 0 Å². The molecule has 0 aliphatic carbocycles. The first-order valence-corrected chi connectivity index (χ1v) is 7.02. The van der Waals surface area contributed by atoms with E-state index in [-0.39, 0.29) is 6.42 Å². The fraction of sp³-hybridized carbons (Fsp3) is 0.700. The van der Waals surface area contributed by atoms with Crippen LogP contribution in [0.25, 0.3) is 0 Å². The van der Waals surface area contributed by atoms with Gasteiger partial charge in [0.15, 0.2) is 0 Å². The quantitative estimate of drug-likeness (QED) is 0.676. The molecule has 1 rings (SSSR count). The Labute approximate surface area is 101 Å². The maximum atomic E-state index is 11.9. The topological polar surface area (TPSA) is 86.7 Å². The third-order valence-corrected chi connectivity index (χ3v) is 4.27. The summed E-state index contributed by atoms with van der Waals surface area (Å²) in [5, 5.41) is 8.87. The van der Waals surface area contributed by atoms with Gasteiger partial charge in [0.25, 0.3) is 10.2 Å². The van der Waals surface area contributed by atoms with Gasteiger partial charge in [-0.3, -0.25) is 4.79 Å². The summed E-state index contributed by atoms with van der Waals surface area (Å²) in [6.07, 6.45) is 4.11. The Morgan fingerprint density at radius 1 is 1.41 bits per heavy atom.